The number of hydrogen-bond donors (Lipinski definition) is 0. The maximum Gasteiger partial charge on any atom is 0.242 e. The summed E-state index contributed by atoms with van der Waals surface area (Å²) in [6.45, 7) is 9.08. The predicted octanol–water partition coefficient (Wildman–Crippen LogP) is 4.07. The van der Waals surface area contributed by atoms with Gasteiger partial charge in [-0.15, -0.1) is 0 Å². The number of rotatable bonds is 12. The van der Waals surface area contributed by atoms with E-state index in [4.69, 9.17) is 13.9 Å². The molecule has 0 saturated carbocycles. The molecule has 0 radical (unpaired) electrons. The largest absolute Gasteiger partial charge is 0.493 e. The Morgan fingerprint density at radius 2 is 1.72 bits per heavy atom. The first-order valence-corrected chi connectivity index (χ1v) is 11.0. The minimum atomic E-state index is -0.0986. The first kappa shape index (κ1) is 25.3. The summed E-state index contributed by atoms with van der Waals surface area (Å²) in [5, 5.41) is 0. The van der Waals surface area contributed by atoms with Crippen LogP contribution in [0.25, 0.3) is 0 Å². The Balaban J connectivity index is 2.14. The van der Waals surface area contributed by atoms with Gasteiger partial charge in [0.05, 0.1) is 27.3 Å². The highest BCUT2D eigenvalue weighted by Crippen LogP contribution is 2.27. The van der Waals surface area contributed by atoms with Gasteiger partial charge in [-0.3, -0.25) is 9.59 Å². The molecule has 7 nitrogen and oxygen atoms in total. The van der Waals surface area contributed by atoms with Crippen molar-refractivity contribution in [3.05, 3.63) is 47.4 Å². The summed E-state index contributed by atoms with van der Waals surface area (Å²) in [6, 6.07) is 9.51. The number of aryl methyl sites for hydroxylation is 1. The zero-order valence-electron chi connectivity index (χ0n) is 20.1. The summed E-state index contributed by atoms with van der Waals surface area (Å²) in [5.74, 6) is 3.11. The lowest BCUT2D eigenvalue weighted by Gasteiger charge is -2.27. The fourth-order valence-corrected chi connectivity index (χ4v) is 3.38. The number of furan rings is 1. The van der Waals surface area contributed by atoms with Crippen LogP contribution in [0.2, 0.25) is 0 Å². The van der Waals surface area contributed by atoms with E-state index < -0.39 is 0 Å². The van der Waals surface area contributed by atoms with Crippen molar-refractivity contribution in [2.75, 3.05) is 33.9 Å². The molecule has 0 fully saturated rings. The molecule has 1 aromatic heterocycles. The Morgan fingerprint density at radius 1 is 1.00 bits per heavy atom. The van der Waals surface area contributed by atoms with Crippen LogP contribution in [0.4, 0.5) is 0 Å². The minimum Gasteiger partial charge on any atom is -0.493 e. The Morgan fingerprint density at radius 3 is 2.28 bits per heavy atom. The first-order valence-electron chi connectivity index (χ1n) is 11.0. The normalized spacial score (nSPS) is 10.8. The Kier molecular flexibility index (Phi) is 9.62. The van der Waals surface area contributed by atoms with E-state index >= 15 is 0 Å². The summed E-state index contributed by atoms with van der Waals surface area (Å²) in [4.78, 5) is 28.7. The van der Waals surface area contributed by atoms with E-state index in [2.05, 4.69) is 13.8 Å². The molecular formula is C25H36N2O5. The number of carbonyl (C=O) groups excluding carboxylic acids is 2. The van der Waals surface area contributed by atoms with Gasteiger partial charge in [-0.2, -0.15) is 0 Å². The number of hydrogen-bond acceptors (Lipinski definition) is 5. The predicted molar refractivity (Wildman–Crippen MR) is 124 cm³/mol. The summed E-state index contributed by atoms with van der Waals surface area (Å²) < 4.78 is 16.4. The Hall–Kier alpha value is -2.96. The summed E-state index contributed by atoms with van der Waals surface area (Å²) in [5.41, 5.74) is 1.03. The van der Waals surface area contributed by atoms with Gasteiger partial charge in [-0.25, -0.2) is 0 Å². The van der Waals surface area contributed by atoms with Crippen LogP contribution in [0.1, 0.15) is 44.3 Å². The van der Waals surface area contributed by atoms with E-state index in [1.165, 1.54) is 6.92 Å². The van der Waals surface area contributed by atoms with Crippen LogP contribution in [0.15, 0.2) is 34.7 Å². The smallest absolute Gasteiger partial charge is 0.242 e. The van der Waals surface area contributed by atoms with Crippen molar-refractivity contribution in [1.82, 2.24) is 9.80 Å². The molecule has 0 spiro atoms. The molecule has 0 saturated heterocycles. The number of methoxy groups -OCH3 is 2. The molecule has 0 unspecified atom stereocenters. The van der Waals surface area contributed by atoms with Gasteiger partial charge in [0.25, 0.3) is 0 Å². The molecule has 7 heteroatoms. The second-order valence-electron chi connectivity index (χ2n) is 8.39. The van der Waals surface area contributed by atoms with E-state index in [0.29, 0.717) is 43.5 Å². The molecule has 0 aliphatic carbocycles. The van der Waals surface area contributed by atoms with Crippen LogP contribution in [-0.2, 0) is 22.6 Å². The van der Waals surface area contributed by atoms with Crippen molar-refractivity contribution in [3.8, 4) is 11.5 Å². The molecule has 2 rings (SSSR count). The van der Waals surface area contributed by atoms with E-state index in [9.17, 15) is 9.59 Å². The SMILES string of the molecule is COc1ccc(CCN(Cc2ccc(C)o2)C(=O)CN(CCC(C)C)C(C)=O)cc1OC. The molecule has 32 heavy (non-hydrogen) atoms. The van der Waals surface area contributed by atoms with Crippen molar-refractivity contribution >= 4 is 11.8 Å². The van der Waals surface area contributed by atoms with Crippen LogP contribution < -0.4 is 9.47 Å². The monoisotopic (exact) mass is 444 g/mol. The Labute approximate surface area is 191 Å². The summed E-state index contributed by atoms with van der Waals surface area (Å²) in [6.07, 6.45) is 1.49. The average molecular weight is 445 g/mol. The molecule has 2 amide bonds. The van der Waals surface area contributed by atoms with Gasteiger partial charge in [-0.1, -0.05) is 19.9 Å². The van der Waals surface area contributed by atoms with E-state index in [1.807, 2.05) is 37.3 Å². The zero-order valence-corrected chi connectivity index (χ0v) is 20.1. The van der Waals surface area contributed by atoms with Gasteiger partial charge in [0.15, 0.2) is 11.5 Å². The molecule has 0 aliphatic heterocycles. The molecular weight excluding hydrogens is 408 g/mol. The highest BCUT2D eigenvalue weighted by Gasteiger charge is 2.21. The highest BCUT2D eigenvalue weighted by atomic mass is 16.5. The maximum atomic E-state index is 13.2. The number of benzene rings is 1. The second kappa shape index (κ2) is 12.2. The fourth-order valence-electron chi connectivity index (χ4n) is 3.38. The van der Waals surface area contributed by atoms with E-state index in [-0.39, 0.29) is 18.4 Å². The van der Waals surface area contributed by atoms with Crippen LogP contribution in [0, 0.1) is 12.8 Å². The fraction of sp³-hybridized carbons (Fsp3) is 0.520. The lowest BCUT2D eigenvalue weighted by Crippen LogP contribution is -2.43. The number of amides is 2. The van der Waals surface area contributed by atoms with Gasteiger partial charge in [0, 0.05) is 20.0 Å². The highest BCUT2D eigenvalue weighted by molar-refractivity contribution is 5.83. The molecule has 0 atom stereocenters. The summed E-state index contributed by atoms with van der Waals surface area (Å²) in [7, 11) is 3.20. The topological polar surface area (TPSA) is 72.2 Å². The van der Waals surface area contributed by atoms with Gasteiger partial charge in [0.2, 0.25) is 11.8 Å². The zero-order chi connectivity index (χ0) is 23.7. The molecule has 176 valence electrons. The van der Waals surface area contributed by atoms with Crippen LogP contribution in [0.3, 0.4) is 0 Å². The van der Waals surface area contributed by atoms with Crippen LogP contribution >= 0.6 is 0 Å². The third-order valence-corrected chi connectivity index (χ3v) is 5.36. The molecule has 2 aromatic rings. The molecule has 0 N–H and O–H groups in total. The first-order chi connectivity index (χ1) is 15.2. The average Bonchev–Trinajstić information content (AvgIpc) is 3.17. The molecule has 0 bridgehead atoms. The maximum absolute atomic E-state index is 13.2. The quantitative estimate of drug-likeness (QED) is 0.493. The van der Waals surface area contributed by atoms with E-state index in [0.717, 1.165) is 23.5 Å². The standard InChI is InChI=1S/C25H36N2O5/c1-18(2)11-13-26(20(4)28)17-25(29)27(16-22-9-7-19(3)32-22)14-12-21-8-10-23(30-5)24(15-21)31-6/h7-10,15,18H,11-14,16-17H2,1-6H3. The van der Waals surface area contributed by atoms with Crippen LogP contribution in [-0.4, -0.2) is 55.5 Å². The van der Waals surface area contributed by atoms with Crippen molar-refractivity contribution in [2.45, 2.75) is 47.1 Å². The van der Waals surface area contributed by atoms with Crippen molar-refractivity contribution in [3.63, 3.8) is 0 Å². The third kappa shape index (κ3) is 7.62. The number of ether oxygens (including phenoxy) is 2. The second-order valence-corrected chi connectivity index (χ2v) is 8.39. The third-order valence-electron chi connectivity index (χ3n) is 5.36. The molecule has 0 aliphatic rings. The van der Waals surface area contributed by atoms with Crippen molar-refractivity contribution in [1.29, 1.82) is 0 Å². The van der Waals surface area contributed by atoms with Crippen LogP contribution in [0.5, 0.6) is 11.5 Å². The van der Waals surface area contributed by atoms with Gasteiger partial charge < -0.3 is 23.7 Å². The number of nitrogens with zero attached hydrogens (tertiary/aromatic N) is 2. The van der Waals surface area contributed by atoms with Gasteiger partial charge >= 0.3 is 0 Å². The van der Waals surface area contributed by atoms with Gasteiger partial charge in [-0.05, 0) is 55.5 Å². The van der Waals surface area contributed by atoms with Crippen molar-refractivity contribution < 1.29 is 23.5 Å². The molecule has 1 heterocycles. The Bertz CT molecular complexity index is 890. The van der Waals surface area contributed by atoms with Gasteiger partial charge in [0.1, 0.15) is 11.5 Å². The minimum absolute atomic E-state index is 0.0632. The summed E-state index contributed by atoms with van der Waals surface area (Å²) >= 11 is 0. The molecule has 1 aromatic carbocycles. The lowest BCUT2D eigenvalue weighted by molar-refractivity contribution is -0.140. The van der Waals surface area contributed by atoms with E-state index in [1.54, 1.807) is 24.0 Å². The van der Waals surface area contributed by atoms with Crippen molar-refractivity contribution in [2.24, 2.45) is 5.92 Å². The number of carbonyl (C=O) groups is 2. The lowest BCUT2D eigenvalue weighted by atomic mass is 10.1.